The predicted molar refractivity (Wildman–Crippen MR) is 96.3 cm³/mol. The Balaban J connectivity index is 0.00000208. The Morgan fingerprint density at radius 2 is 2.00 bits per heavy atom. The summed E-state index contributed by atoms with van der Waals surface area (Å²) >= 11 is 5.88. The van der Waals surface area contributed by atoms with Crippen molar-refractivity contribution >= 4 is 35.8 Å². The van der Waals surface area contributed by atoms with Crippen LogP contribution in [0.2, 0.25) is 5.02 Å². The first kappa shape index (κ1) is 19.0. The fraction of sp³-hybridized carbons (Fsp3) is 0.529. The van der Waals surface area contributed by atoms with E-state index in [1.54, 1.807) is 4.90 Å². The molecule has 1 aromatic carbocycles. The maximum Gasteiger partial charge on any atom is 0.242 e. The molecule has 2 saturated heterocycles. The van der Waals surface area contributed by atoms with E-state index in [0.717, 1.165) is 31.5 Å². The van der Waals surface area contributed by atoms with Crippen molar-refractivity contribution in [1.29, 1.82) is 0 Å². The minimum absolute atomic E-state index is 0. The molecule has 0 aliphatic carbocycles. The third-order valence-corrected chi connectivity index (χ3v) is 4.82. The highest BCUT2D eigenvalue weighted by Crippen LogP contribution is 2.17. The summed E-state index contributed by atoms with van der Waals surface area (Å²) in [6.45, 7) is 3.70. The number of benzene rings is 1. The average Bonchev–Trinajstić information content (AvgIpc) is 2.59. The molecule has 1 aromatic rings. The van der Waals surface area contributed by atoms with Crippen LogP contribution in [0.15, 0.2) is 24.3 Å². The van der Waals surface area contributed by atoms with Crippen LogP contribution in [-0.2, 0) is 16.1 Å². The van der Waals surface area contributed by atoms with Crippen molar-refractivity contribution in [1.82, 2.24) is 15.1 Å². The lowest BCUT2D eigenvalue weighted by molar-refractivity contribution is -0.148. The fourth-order valence-corrected chi connectivity index (χ4v) is 3.32. The Labute approximate surface area is 153 Å². The highest BCUT2D eigenvalue weighted by Gasteiger charge is 2.31. The minimum atomic E-state index is 0. The normalized spacial score (nSPS) is 21.4. The Bertz CT molecular complexity index is 574. The van der Waals surface area contributed by atoms with Gasteiger partial charge in [0.1, 0.15) is 0 Å². The third kappa shape index (κ3) is 4.62. The molecule has 0 bridgehead atoms. The summed E-state index contributed by atoms with van der Waals surface area (Å²) in [6.07, 6.45) is 1.95. The average molecular weight is 372 g/mol. The van der Waals surface area contributed by atoms with Crippen LogP contribution in [0.1, 0.15) is 18.4 Å². The zero-order chi connectivity index (χ0) is 16.2. The molecule has 2 heterocycles. The van der Waals surface area contributed by atoms with E-state index in [1.807, 2.05) is 29.2 Å². The standard InChI is InChI=1S/C17H22ClN3O2.ClH/c18-15-5-3-13(4-6-15)11-20-8-9-21(12-16(20)22)17(23)14-2-1-7-19-10-14;/h3-6,14,19H,1-2,7-12H2;1H. The van der Waals surface area contributed by atoms with E-state index in [-0.39, 0.29) is 36.7 Å². The van der Waals surface area contributed by atoms with Gasteiger partial charge in [0, 0.05) is 31.2 Å². The molecular weight excluding hydrogens is 349 g/mol. The second-order valence-electron chi connectivity index (χ2n) is 6.24. The second-order valence-corrected chi connectivity index (χ2v) is 6.68. The molecule has 1 N–H and O–H groups in total. The number of piperazine rings is 1. The van der Waals surface area contributed by atoms with Crippen molar-refractivity contribution in [3.05, 3.63) is 34.9 Å². The van der Waals surface area contributed by atoms with Gasteiger partial charge in [0.25, 0.3) is 0 Å². The molecule has 1 unspecified atom stereocenters. The van der Waals surface area contributed by atoms with E-state index < -0.39 is 0 Å². The quantitative estimate of drug-likeness (QED) is 0.882. The van der Waals surface area contributed by atoms with Crippen LogP contribution >= 0.6 is 24.0 Å². The van der Waals surface area contributed by atoms with Crippen molar-refractivity contribution in [2.75, 3.05) is 32.7 Å². The van der Waals surface area contributed by atoms with Crippen LogP contribution < -0.4 is 5.32 Å². The molecule has 5 nitrogen and oxygen atoms in total. The zero-order valence-corrected chi connectivity index (χ0v) is 15.1. The van der Waals surface area contributed by atoms with Gasteiger partial charge in [0.15, 0.2) is 0 Å². The van der Waals surface area contributed by atoms with Crippen molar-refractivity contribution in [2.24, 2.45) is 5.92 Å². The molecule has 0 spiro atoms. The summed E-state index contributed by atoms with van der Waals surface area (Å²) in [5.41, 5.74) is 1.05. The molecule has 2 amide bonds. The van der Waals surface area contributed by atoms with Gasteiger partial charge < -0.3 is 15.1 Å². The molecule has 1 atom stereocenters. The van der Waals surface area contributed by atoms with Crippen molar-refractivity contribution < 1.29 is 9.59 Å². The number of rotatable bonds is 3. The van der Waals surface area contributed by atoms with Gasteiger partial charge in [-0.15, -0.1) is 12.4 Å². The molecule has 3 rings (SSSR count). The Hall–Kier alpha value is -1.30. The molecule has 2 aliphatic rings. The molecular formula is C17H23Cl2N3O2. The monoisotopic (exact) mass is 371 g/mol. The Kier molecular flexibility index (Phi) is 6.90. The summed E-state index contributed by atoms with van der Waals surface area (Å²) in [4.78, 5) is 28.4. The van der Waals surface area contributed by atoms with Gasteiger partial charge in [-0.3, -0.25) is 9.59 Å². The molecule has 2 fully saturated rings. The van der Waals surface area contributed by atoms with Crippen LogP contribution in [0.3, 0.4) is 0 Å². The smallest absolute Gasteiger partial charge is 0.242 e. The Morgan fingerprint density at radius 1 is 1.25 bits per heavy atom. The highest BCUT2D eigenvalue weighted by atomic mass is 35.5. The first-order valence-corrected chi connectivity index (χ1v) is 8.53. The zero-order valence-electron chi connectivity index (χ0n) is 13.5. The first-order valence-electron chi connectivity index (χ1n) is 8.15. The topological polar surface area (TPSA) is 52.7 Å². The van der Waals surface area contributed by atoms with Gasteiger partial charge in [-0.25, -0.2) is 0 Å². The molecule has 132 valence electrons. The van der Waals surface area contributed by atoms with Crippen LogP contribution in [0, 0.1) is 5.92 Å². The van der Waals surface area contributed by atoms with E-state index in [1.165, 1.54) is 0 Å². The summed E-state index contributed by atoms with van der Waals surface area (Å²) in [6, 6.07) is 7.52. The van der Waals surface area contributed by atoms with Crippen LogP contribution in [0.4, 0.5) is 0 Å². The van der Waals surface area contributed by atoms with Crippen LogP contribution in [-0.4, -0.2) is 54.3 Å². The number of hydrogen-bond donors (Lipinski definition) is 1. The van der Waals surface area contributed by atoms with E-state index in [0.29, 0.717) is 24.7 Å². The van der Waals surface area contributed by atoms with Crippen molar-refractivity contribution in [3.8, 4) is 0 Å². The van der Waals surface area contributed by atoms with Gasteiger partial charge in [-0.2, -0.15) is 0 Å². The van der Waals surface area contributed by atoms with Gasteiger partial charge in [-0.1, -0.05) is 23.7 Å². The van der Waals surface area contributed by atoms with Crippen LogP contribution in [0.25, 0.3) is 0 Å². The lowest BCUT2D eigenvalue weighted by atomic mass is 9.98. The SMILES string of the molecule is Cl.O=C1CN(C(=O)C2CCCNC2)CCN1Cc1ccc(Cl)cc1. The molecule has 2 aliphatic heterocycles. The number of amides is 2. The van der Waals surface area contributed by atoms with Crippen molar-refractivity contribution in [3.63, 3.8) is 0 Å². The molecule has 0 saturated carbocycles. The van der Waals surface area contributed by atoms with Crippen molar-refractivity contribution in [2.45, 2.75) is 19.4 Å². The summed E-state index contributed by atoms with van der Waals surface area (Å²) in [5.74, 6) is 0.166. The summed E-state index contributed by atoms with van der Waals surface area (Å²) < 4.78 is 0. The highest BCUT2D eigenvalue weighted by molar-refractivity contribution is 6.30. The number of nitrogens with zero attached hydrogens (tertiary/aromatic N) is 2. The number of carbonyl (C=O) groups is 2. The molecule has 24 heavy (non-hydrogen) atoms. The van der Waals surface area contributed by atoms with Gasteiger partial charge in [0.2, 0.25) is 11.8 Å². The number of piperidine rings is 1. The molecule has 0 radical (unpaired) electrons. The van der Waals surface area contributed by atoms with Gasteiger partial charge in [-0.05, 0) is 37.1 Å². The second kappa shape index (κ2) is 8.70. The summed E-state index contributed by atoms with van der Waals surface area (Å²) in [5, 5.41) is 3.95. The first-order chi connectivity index (χ1) is 11.1. The minimum Gasteiger partial charge on any atom is -0.335 e. The van der Waals surface area contributed by atoms with Crippen LogP contribution in [0.5, 0.6) is 0 Å². The van der Waals surface area contributed by atoms with E-state index >= 15 is 0 Å². The van der Waals surface area contributed by atoms with E-state index in [2.05, 4.69) is 5.32 Å². The lowest BCUT2D eigenvalue weighted by Crippen LogP contribution is -2.54. The molecule has 0 aromatic heterocycles. The van der Waals surface area contributed by atoms with E-state index in [9.17, 15) is 9.59 Å². The van der Waals surface area contributed by atoms with E-state index in [4.69, 9.17) is 11.6 Å². The third-order valence-electron chi connectivity index (χ3n) is 4.56. The summed E-state index contributed by atoms with van der Waals surface area (Å²) in [7, 11) is 0. The van der Waals surface area contributed by atoms with Gasteiger partial charge in [0.05, 0.1) is 12.5 Å². The number of halogens is 2. The predicted octanol–water partition coefficient (Wildman–Crippen LogP) is 1.93. The number of hydrogen-bond acceptors (Lipinski definition) is 3. The molecule has 7 heteroatoms. The number of carbonyl (C=O) groups excluding carboxylic acids is 2. The lowest BCUT2D eigenvalue weighted by Gasteiger charge is -2.36. The number of nitrogens with one attached hydrogen (secondary N) is 1. The maximum absolute atomic E-state index is 12.5. The largest absolute Gasteiger partial charge is 0.335 e. The fourth-order valence-electron chi connectivity index (χ4n) is 3.19. The Morgan fingerprint density at radius 3 is 2.62 bits per heavy atom. The van der Waals surface area contributed by atoms with Gasteiger partial charge >= 0.3 is 0 Å². The maximum atomic E-state index is 12.5.